The van der Waals surface area contributed by atoms with Crippen LogP contribution >= 0.6 is 11.6 Å². The zero-order valence-electron chi connectivity index (χ0n) is 17.8. The quantitative estimate of drug-likeness (QED) is 0.667. The number of anilines is 1. The molecule has 178 valence electrons. The number of halogens is 2. The smallest absolute Gasteiger partial charge is 0.409 e. The third-order valence-electron chi connectivity index (χ3n) is 5.50. The van der Waals surface area contributed by atoms with Crippen LogP contribution in [0.15, 0.2) is 29.3 Å². The summed E-state index contributed by atoms with van der Waals surface area (Å²) >= 11 is 5.77. The maximum absolute atomic E-state index is 13.4. The highest BCUT2D eigenvalue weighted by atomic mass is 35.5. The minimum atomic E-state index is -4.06. The van der Waals surface area contributed by atoms with E-state index in [0.717, 1.165) is 6.07 Å². The highest BCUT2D eigenvalue weighted by molar-refractivity contribution is 7.89. The van der Waals surface area contributed by atoms with E-state index in [9.17, 15) is 22.4 Å². The molecule has 2 aromatic rings. The molecule has 0 radical (unpaired) electrons. The van der Waals surface area contributed by atoms with Gasteiger partial charge in [-0.25, -0.2) is 22.3 Å². The van der Waals surface area contributed by atoms with Crippen LogP contribution in [0.4, 0.5) is 14.9 Å². The first-order chi connectivity index (χ1) is 15.6. The van der Waals surface area contributed by atoms with Crippen LogP contribution in [0.1, 0.15) is 17.4 Å². The van der Waals surface area contributed by atoms with Crippen LogP contribution in [0.5, 0.6) is 5.75 Å². The number of carbonyl (C=O) groups excluding carboxylic acids is 2. The van der Waals surface area contributed by atoms with Crippen LogP contribution in [-0.2, 0) is 21.8 Å². The van der Waals surface area contributed by atoms with Crippen molar-refractivity contribution in [3.05, 3.63) is 40.9 Å². The number of sulfonamides is 1. The lowest BCUT2D eigenvalue weighted by atomic mass is 10.1. The second-order valence-electron chi connectivity index (χ2n) is 7.77. The number of likely N-dealkylation sites (tertiary alicyclic amines) is 1. The Bertz CT molecular complexity index is 1220. The summed E-state index contributed by atoms with van der Waals surface area (Å²) in [6, 6.07) is 3.12. The van der Waals surface area contributed by atoms with E-state index in [1.165, 1.54) is 34.8 Å². The molecule has 33 heavy (non-hydrogen) atoms. The minimum absolute atomic E-state index is 0.0329. The number of hydrogen-bond donors (Lipinski definition) is 2. The Morgan fingerprint density at radius 1 is 1.36 bits per heavy atom. The van der Waals surface area contributed by atoms with Crippen molar-refractivity contribution in [2.24, 2.45) is 13.0 Å². The van der Waals surface area contributed by atoms with Crippen molar-refractivity contribution < 1.29 is 31.9 Å². The summed E-state index contributed by atoms with van der Waals surface area (Å²) in [6.07, 6.45) is 0.752. The van der Waals surface area contributed by atoms with Gasteiger partial charge in [0, 0.05) is 44.0 Å². The average molecular weight is 501 g/mol. The van der Waals surface area contributed by atoms with E-state index in [-0.39, 0.29) is 59.3 Å². The Morgan fingerprint density at radius 2 is 2.12 bits per heavy atom. The van der Waals surface area contributed by atoms with Crippen LogP contribution < -0.4 is 14.8 Å². The van der Waals surface area contributed by atoms with E-state index >= 15 is 0 Å². The van der Waals surface area contributed by atoms with Crippen molar-refractivity contribution in [3.63, 3.8) is 0 Å². The summed E-state index contributed by atoms with van der Waals surface area (Å²) in [5, 5.41) is 2.40. The summed E-state index contributed by atoms with van der Waals surface area (Å²) in [6.45, 7) is 2.35. The van der Waals surface area contributed by atoms with Gasteiger partial charge in [-0.3, -0.25) is 4.79 Å². The molecule has 1 aromatic carbocycles. The molecule has 2 amide bonds. The molecular weight excluding hydrogens is 479 g/mol. The lowest BCUT2D eigenvalue weighted by Crippen LogP contribution is -2.43. The third-order valence-corrected chi connectivity index (χ3v) is 7.27. The maximum atomic E-state index is 13.4. The van der Waals surface area contributed by atoms with E-state index in [1.807, 2.05) is 0 Å². The normalized spacial score (nSPS) is 21.3. The number of rotatable bonds is 3. The standard InChI is InChI=1S/C20H22ClFN4O6S/c1-3-31-20(28)26-7-11-10-32-18-16(33(29,30)24-15(11)8-26)9-25(2)17(18)19(27)23-12-4-5-14(22)13(21)6-12/h4-6,9,11,15,24H,3,7-8,10H2,1-2H3,(H,23,27)/t11-,15-/m0/s1. The van der Waals surface area contributed by atoms with Gasteiger partial charge in [-0.15, -0.1) is 0 Å². The average Bonchev–Trinajstić information content (AvgIpc) is 3.29. The highest BCUT2D eigenvalue weighted by Crippen LogP contribution is 2.35. The molecule has 2 aliphatic heterocycles. The van der Waals surface area contributed by atoms with Crippen LogP contribution in [0.3, 0.4) is 0 Å². The zero-order chi connectivity index (χ0) is 23.9. The molecule has 0 bridgehead atoms. The summed E-state index contributed by atoms with van der Waals surface area (Å²) in [7, 11) is -2.55. The van der Waals surface area contributed by atoms with Crippen LogP contribution in [0.25, 0.3) is 0 Å². The minimum Gasteiger partial charge on any atom is -0.489 e. The molecule has 0 aliphatic carbocycles. The molecule has 1 aromatic heterocycles. The van der Waals surface area contributed by atoms with Gasteiger partial charge in [-0.2, -0.15) is 0 Å². The molecule has 2 N–H and O–H groups in total. The van der Waals surface area contributed by atoms with Crippen molar-refractivity contribution >= 4 is 39.3 Å². The molecule has 0 spiro atoms. The fraction of sp³-hybridized carbons (Fsp3) is 0.400. The van der Waals surface area contributed by atoms with Crippen LogP contribution in [-0.4, -0.2) is 62.2 Å². The number of amides is 2. The van der Waals surface area contributed by atoms with E-state index < -0.39 is 33.9 Å². The number of hydrogen-bond acceptors (Lipinski definition) is 6. The van der Waals surface area contributed by atoms with Gasteiger partial charge in [0.15, 0.2) is 11.4 Å². The van der Waals surface area contributed by atoms with Gasteiger partial charge in [0.1, 0.15) is 10.7 Å². The SMILES string of the molecule is CCOC(=O)N1C[C@H]2COc3c(cn(C)c3C(=O)Nc3ccc(F)c(Cl)c3)S(=O)(=O)N[C@H]2C1. The Kier molecular flexibility index (Phi) is 6.25. The molecule has 2 atom stereocenters. The van der Waals surface area contributed by atoms with Gasteiger partial charge in [0.2, 0.25) is 10.0 Å². The number of aromatic nitrogens is 1. The predicted octanol–water partition coefficient (Wildman–Crippen LogP) is 2.20. The fourth-order valence-electron chi connectivity index (χ4n) is 3.92. The second-order valence-corrected chi connectivity index (χ2v) is 9.86. The molecule has 2 aliphatic rings. The number of ether oxygens (including phenoxy) is 2. The van der Waals surface area contributed by atoms with Gasteiger partial charge in [0.25, 0.3) is 5.91 Å². The number of fused-ring (bicyclic) bond motifs is 2. The highest BCUT2D eigenvalue weighted by Gasteiger charge is 2.42. The van der Waals surface area contributed by atoms with Crippen LogP contribution in [0, 0.1) is 11.7 Å². The molecule has 0 saturated carbocycles. The van der Waals surface area contributed by atoms with Gasteiger partial charge >= 0.3 is 6.09 Å². The van der Waals surface area contributed by atoms with E-state index in [0.29, 0.717) is 0 Å². The second kappa shape index (κ2) is 8.84. The van der Waals surface area contributed by atoms with Crippen LogP contribution in [0.2, 0.25) is 5.02 Å². The van der Waals surface area contributed by atoms with Crippen molar-refractivity contribution in [3.8, 4) is 5.75 Å². The number of nitrogens with zero attached hydrogens (tertiary/aromatic N) is 2. The Labute approximate surface area is 194 Å². The molecular formula is C20H22ClFN4O6S. The van der Waals surface area contributed by atoms with Crippen molar-refractivity contribution in [2.45, 2.75) is 17.9 Å². The summed E-state index contributed by atoms with van der Waals surface area (Å²) in [5.41, 5.74) is 0.198. The predicted molar refractivity (Wildman–Crippen MR) is 116 cm³/mol. The fourth-order valence-corrected chi connectivity index (χ4v) is 5.59. The lowest BCUT2D eigenvalue weighted by Gasteiger charge is -2.23. The van der Waals surface area contributed by atoms with Gasteiger partial charge < -0.3 is 24.3 Å². The van der Waals surface area contributed by atoms with Gasteiger partial charge in [0.05, 0.1) is 18.2 Å². The number of carbonyl (C=O) groups is 2. The van der Waals surface area contributed by atoms with Gasteiger partial charge in [-0.1, -0.05) is 11.6 Å². The summed E-state index contributed by atoms with van der Waals surface area (Å²) in [5.74, 6) is -1.75. The van der Waals surface area contributed by atoms with E-state index in [4.69, 9.17) is 21.1 Å². The molecule has 3 heterocycles. The summed E-state index contributed by atoms with van der Waals surface area (Å²) < 4.78 is 54.4. The maximum Gasteiger partial charge on any atom is 0.409 e. The van der Waals surface area contributed by atoms with Crippen molar-refractivity contribution in [2.75, 3.05) is 31.6 Å². The first-order valence-electron chi connectivity index (χ1n) is 10.1. The Hall–Kier alpha value is -2.83. The third kappa shape index (κ3) is 4.50. The van der Waals surface area contributed by atoms with E-state index in [1.54, 1.807) is 6.92 Å². The number of benzene rings is 1. The first-order valence-corrected chi connectivity index (χ1v) is 12.0. The molecule has 0 unspecified atom stereocenters. The Morgan fingerprint density at radius 3 is 2.82 bits per heavy atom. The molecule has 1 fully saturated rings. The largest absolute Gasteiger partial charge is 0.489 e. The summed E-state index contributed by atoms with van der Waals surface area (Å²) in [4.78, 5) is 26.3. The molecule has 1 saturated heterocycles. The topological polar surface area (TPSA) is 119 Å². The van der Waals surface area contributed by atoms with Crippen molar-refractivity contribution in [1.29, 1.82) is 0 Å². The molecule has 10 nitrogen and oxygen atoms in total. The lowest BCUT2D eigenvalue weighted by molar-refractivity contribution is 0.101. The number of aryl methyl sites for hydroxylation is 1. The van der Waals surface area contributed by atoms with Gasteiger partial charge in [-0.05, 0) is 25.1 Å². The molecule has 13 heteroatoms. The number of nitrogens with one attached hydrogen (secondary N) is 2. The monoisotopic (exact) mass is 500 g/mol. The zero-order valence-corrected chi connectivity index (χ0v) is 19.4. The first kappa shape index (κ1) is 23.3. The van der Waals surface area contributed by atoms with E-state index in [2.05, 4.69) is 10.0 Å². The molecule has 4 rings (SSSR count). The van der Waals surface area contributed by atoms with Crippen molar-refractivity contribution in [1.82, 2.24) is 14.2 Å². The Balaban J connectivity index is 1.62.